The van der Waals surface area contributed by atoms with Crippen molar-refractivity contribution in [2.75, 3.05) is 55.6 Å². The van der Waals surface area contributed by atoms with Crippen molar-refractivity contribution in [1.29, 1.82) is 0 Å². The van der Waals surface area contributed by atoms with E-state index in [2.05, 4.69) is 36.1 Å². The number of anilines is 5. The van der Waals surface area contributed by atoms with Gasteiger partial charge in [0, 0.05) is 24.5 Å². The average Bonchev–Trinajstić information content (AvgIpc) is 3.02. The highest BCUT2D eigenvalue weighted by Gasteiger charge is 2.18. The van der Waals surface area contributed by atoms with Crippen molar-refractivity contribution in [1.82, 2.24) is 19.9 Å². The van der Waals surface area contributed by atoms with Crippen LogP contribution in [0.2, 0.25) is 0 Å². The molecule has 216 valence electrons. The molecular weight excluding hydrogens is 536 g/mol. The summed E-state index contributed by atoms with van der Waals surface area (Å²) >= 11 is 0. The minimum atomic E-state index is -0.0878. The minimum Gasteiger partial charge on any atom is -0.490 e. The molecule has 12 nitrogen and oxygen atoms in total. The Morgan fingerprint density at radius 2 is 1.48 bits per heavy atom. The highest BCUT2D eigenvalue weighted by Crippen LogP contribution is 2.28. The number of ether oxygens (including phenoxy) is 3. The van der Waals surface area contributed by atoms with Gasteiger partial charge in [0.25, 0.3) is 5.91 Å². The lowest BCUT2D eigenvalue weighted by Gasteiger charge is -2.26. The third-order valence-corrected chi connectivity index (χ3v) is 6.06. The van der Waals surface area contributed by atoms with Crippen LogP contribution in [0.4, 0.5) is 29.2 Å². The zero-order valence-electron chi connectivity index (χ0n) is 23.2. The molecule has 0 radical (unpaired) electrons. The van der Waals surface area contributed by atoms with Gasteiger partial charge in [0.1, 0.15) is 0 Å². The van der Waals surface area contributed by atoms with Crippen LogP contribution < -0.4 is 25.5 Å². The number of nitrogens with zero attached hydrogens (tertiary/aromatic N) is 5. The monoisotopic (exact) mass is 568 g/mol. The van der Waals surface area contributed by atoms with Crippen molar-refractivity contribution < 1.29 is 19.0 Å². The third-order valence-electron chi connectivity index (χ3n) is 6.06. The van der Waals surface area contributed by atoms with Crippen LogP contribution in [0.25, 0.3) is 0 Å². The lowest BCUT2D eigenvalue weighted by molar-refractivity contribution is -0.137. The van der Waals surface area contributed by atoms with Crippen LogP contribution in [-0.2, 0) is 9.53 Å². The van der Waals surface area contributed by atoms with Crippen LogP contribution in [0.5, 0.6) is 11.5 Å². The predicted molar refractivity (Wildman–Crippen MR) is 161 cm³/mol. The number of aromatic nitrogens is 3. The van der Waals surface area contributed by atoms with Crippen LogP contribution in [0.3, 0.4) is 0 Å². The number of benzene rings is 3. The van der Waals surface area contributed by atoms with E-state index in [4.69, 9.17) is 14.2 Å². The van der Waals surface area contributed by atoms with Gasteiger partial charge in [-0.1, -0.05) is 36.4 Å². The number of para-hydroxylation sites is 2. The summed E-state index contributed by atoms with van der Waals surface area (Å²) in [5, 5.41) is 10.7. The third kappa shape index (κ3) is 8.15. The van der Waals surface area contributed by atoms with E-state index in [-0.39, 0.29) is 18.5 Å². The first-order valence-electron chi connectivity index (χ1n) is 13.6. The van der Waals surface area contributed by atoms with Crippen LogP contribution >= 0.6 is 0 Å². The van der Waals surface area contributed by atoms with Crippen molar-refractivity contribution >= 4 is 41.3 Å². The lowest BCUT2D eigenvalue weighted by Crippen LogP contribution is -2.43. The summed E-state index contributed by atoms with van der Waals surface area (Å²) in [7, 11) is 0. The summed E-state index contributed by atoms with van der Waals surface area (Å²) in [6.45, 7) is 4.46. The lowest BCUT2D eigenvalue weighted by atomic mass is 10.2. The Bertz CT molecular complexity index is 1420. The van der Waals surface area contributed by atoms with Crippen molar-refractivity contribution in [2.24, 2.45) is 5.10 Å². The fraction of sp³-hybridized carbons (Fsp3) is 0.233. The molecule has 12 heteroatoms. The molecule has 0 aliphatic carbocycles. The Labute approximate surface area is 243 Å². The Morgan fingerprint density at radius 1 is 0.857 bits per heavy atom. The van der Waals surface area contributed by atoms with E-state index < -0.39 is 0 Å². The quantitative estimate of drug-likeness (QED) is 0.166. The van der Waals surface area contributed by atoms with Gasteiger partial charge in [-0.2, -0.15) is 20.1 Å². The molecule has 0 atom stereocenters. The number of carbonyl (C=O) groups excluding carboxylic acids is 1. The predicted octanol–water partition coefficient (Wildman–Crippen LogP) is 4.44. The molecule has 1 saturated heterocycles. The van der Waals surface area contributed by atoms with Gasteiger partial charge in [-0.05, 0) is 55.0 Å². The maximum absolute atomic E-state index is 12.5. The van der Waals surface area contributed by atoms with E-state index in [1.165, 1.54) is 0 Å². The van der Waals surface area contributed by atoms with Crippen molar-refractivity contribution in [3.05, 3.63) is 84.4 Å². The normalized spacial score (nSPS) is 13.0. The molecule has 0 unspecified atom stereocenters. The number of hydrazone groups is 1. The number of hydrogen-bond acceptors (Lipinski definition) is 11. The largest absolute Gasteiger partial charge is 0.490 e. The molecule has 1 aromatic heterocycles. The summed E-state index contributed by atoms with van der Waals surface area (Å²) in [5.74, 6) is 1.84. The smallest absolute Gasteiger partial charge is 0.260 e. The van der Waals surface area contributed by atoms with Gasteiger partial charge in [0.2, 0.25) is 17.8 Å². The van der Waals surface area contributed by atoms with Gasteiger partial charge in [-0.25, -0.2) is 5.43 Å². The number of hydrogen-bond donors (Lipinski definition) is 3. The summed E-state index contributed by atoms with van der Waals surface area (Å²) in [6, 6.07) is 24.6. The molecule has 0 spiro atoms. The number of morpholine rings is 1. The molecule has 0 saturated carbocycles. The van der Waals surface area contributed by atoms with Crippen molar-refractivity contribution in [3.8, 4) is 11.5 Å². The van der Waals surface area contributed by atoms with Gasteiger partial charge < -0.3 is 29.7 Å². The van der Waals surface area contributed by atoms with Gasteiger partial charge >= 0.3 is 0 Å². The van der Waals surface area contributed by atoms with E-state index >= 15 is 0 Å². The number of rotatable bonds is 12. The first-order valence-corrected chi connectivity index (χ1v) is 13.6. The summed E-state index contributed by atoms with van der Waals surface area (Å²) in [4.78, 5) is 27.6. The van der Waals surface area contributed by atoms with Gasteiger partial charge in [-0.15, -0.1) is 0 Å². The Kier molecular flexibility index (Phi) is 9.72. The van der Waals surface area contributed by atoms with Gasteiger partial charge in [-0.3, -0.25) is 4.79 Å². The van der Waals surface area contributed by atoms with Crippen LogP contribution in [0.1, 0.15) is 12.5 Å². The molecule has 3 N–H and O–H groups in total. The highest BCUT2D eigenvalue weighted by atomic mass is 16.5. The Hall–Kier alpha value is -5.23. The molecule has 1 aliphatic rings. The second kappa shape index (κ2) is 14.4. The molecular formula is C30H32N8O4. The maximum atomic E-state index is 12.5. The molecule has 2 heterocycles. The zero-order valence-corrected chi connectivity index (χ0v) is 23.2. The molecule has 4 aromatic rings. The zero-order chi connectivity index (χ0) is 29.0. The summed E-state index contributed by atoms with van der Waals surface area (Å²) < 4.78 is 16.9. The highest BCUT2D eigenvalue weighted by molar-refractivity contribution is 5.82. The van der Waals surface area contributed by atoms with Crippen LogP contribution in [0.15, 0.2) is 84.0 Å². The SMILES string of the molecule is CCOc1cc(/C=N/Nc2nc(Nc3ccccc3)nc(Nc3ccccc3)n2)ccc1OCC(=O)N1CCOCC1. The van der Waals surface area contributed by atoms with E-state index in [9.17, 15) is 4.79 Å². The molecule has 1 amide bonds. The Morgan fingerprint density at radius 3 is 2.10 bits per heavy atom. The fourth-order valence-electron chi connectivity index (χ4n) is 4.04. The molecule has 42 heavy (non-hydrogen) atoms. The molecule has 0 bridgehead atoms. The topological polar surface area (TPSA) is 135 Å². The molecule has 5 rings (SSSR count). The standard InChI is InChI=1S/C30H32N8O4/c1-2-41-26-19-22(13-14-25(26)42-21-27(39)38-15-17-40-18-16-38)20-31-37-30-35-28(32-23-9-5-3-6-10-23)34-29(36-30)33-24-11-7-4-8-12-24/h3-14,19-20H,2,15-18,21H2,1H3,(H3,32,33,34,35,36,37)/b31-20+. The number of amides is 1. The van der Waals surface area contributed by atoms with Gasteiger partial charge in [0.05, 0.1) is 26.0 Å². The Balaban J connectivity index is 1.28. The van der Waals surface area contributed by atoms with E-state index in [1.807, 2.05) is 73.7 Å². The van der Waals surface area contributed by atoms with E-state index in [1.54, 1.807) is 23.2 Å². The number of carbonyl (C=O) groups is 1. The van der Waals surface area contributed by atoms with E-state index in [0.717, 1.165) is 16.9 Å². The summed E-state index contributed by atoms with van der Waals surface area (Å²) in [5.41, 5.74) is 5.30. The summed E-state index contributed by atoms with van der Waals surface area (Å²) in [6.07, 6.45) is 1.61. The fourth-order valence-corrected chi connectivity index (χ4v) is 4.04. The molecule has 1 fully saturated rings. The number of nitrogens with one attached hydrogen (secondary N) is 3. The first kappa shape index (κ1) is 28.3. The van der Waals surface area contributed by atoms with Crippen molar-refractivity contribution in [2.45, 2.75) is 6.92 Å². The first-order chi connectivity index (χ1) is 20.7. The van der Waals surface area contributed by atoms with Crippen LogP contribution in [0, 0.1) is 0 Å². The van der Waals surface area contributed by atoms with E-state index in [0.29, 0.717) is 56.3 Å². The molecule has 3 aromatic carbocycles. The minimum absolute atomic E-state index is 0.0762. The van der Waals surface area contributed by atoms with Gasteiger partial charge in [0.15, 0.2) is 18.1 Å². The second-order valence-electron chi connectivity index (χ2n) is 9.08. The molecule has 1 aliphatic heterocycles. The average molecular weight is 569 g/mol. The maximum Gasteiger partial charge on any atom is 0.260 e. The van der Waals surface area contributed by atoms with Crippen LogP contribution in [-0.4, -0.2) is 71.5 Å². The van der Waals surface area contributed by atoms with Crippen molar-refractivity contribution in [3.63, 3.8) is 0 Å². The second-order valence-corrected chi connectivity index (χ2v) is 9.08.